The number of hydrogen-bond donors (Lipinski definition) is 0. The molecule has 0 spiro atoms. The zero-order chi connectivity index (χ0) is 18.1. The maximum atomic E-state index is 13.1. The molecule has 0 bridgehead atoms. The highest BCUT2D eigenvalue weighted by atomic mass is 32.1. The molecule has 1 fully saturated rings. The first-order valence-electron chi connectivity index (χ1n) is 9.24. The monoisotopic (exact) mass is 371 g/mol. The summed E-state index contributed by atoms with van der Waals surface area (Å²) in [6.45, 7) is 6.43. The van der Waals surface area contributed by atoms with Crippen molar-refractivity contribution in [2.75, 3.05) is 33.3 Å². The Morgan fingerprint density at radius 3 is 2.81 bits per heavy atom. The van der Waals surface area contributed by atoms with Crippen LogP contribution in [0, 0.1) is 6.92 Å². The number of benzene rings is 1. The molecule has 2 aromatic rings. The van der Waals surface area contributed by atoms with Gasteiger partial charge in [0.15, 0.2) is 0 Å². The number of aromatic nitrogens is 1. The maximum Gasteiger partial charge on any atom is 0.230 e. The van der Waals surface area contributed by atoms with Gasteiger partial charge in [-0.3, -0.25) is 9.69 Å². The molecular formula is C20H25N3O2S. The van der Waals surface area contributed by atoms with Crippen molar-refractivity contribution in [3.8, 4) is 5.75 Å². The Morgan fingerprint density at radius 2 is 2.12 bits per heavy atom. The minimum absolute atomic E-state index is 0.0446. The average Bonchev–Trinajstić information content (AvgIpc) is 3.27. The van der Waals surface area contributed by atoms with Crippen LogP contribution < -0.4 is 4.74 Å². The average molecular weight is 372 g/mol. The number of fused-ring (bicyclic) bond motifs is 1. The third-order valence-corrected chi connectivity index (χ3v) is 6.36. The molecule has 1 amide bonds. The van der Waals surface area contributed by atoms with Crippen molar-refractivity contribution in [2.45, 2.75) is 32.2 Å². The molecule has 2 aliphatic rings. The van der Waals surface area contributed by atoms with Gasteiger partial charge in [0.25, 0.3) is 0 Å². The molecule has 1 saturated heterocycles. The summed E-state index contributed by atoms with van der Waals surface area (Å²) in [5.41, 5.74) is 2.38. The number of methoxy groups -OCH3 is 1. The Morgan fingerprint density at radius 1 is 1.31 bits per heavy atom. The van der Waals surface area contributed by atoms with Gasteiger partial charge < -0.3 is 9.64 Å². The number of amides is 1. The highest BCUT2D eigenvalue weighted by Crippen LogP contribution is 2.40. The number of nitrogens with zero attached hydrogens (tertiary/aromatic N) is 3. The zero-order valence-electron chi connectivity index (χ0n) is 15.4. The molecule has 0 N–H and O–H groups in total. The van der Waals surface area contributed by atoms with Crippen LogP contribution in [0.25, 0.3) is 0 Å². The second kappa shape index (κ2) is 7.37. The Hall–Kier alpha value is -1.92. The van der Waals surface area contributed by atoms with Gasteiger partial charge in [-0.15, -0.1) is 11.3 Å². The summed E-state index contributed by atoms with van der Waals surface area (Å²) in [6, 6.07) is 6.12. The van der Waals surface area contributed by atoms with Crippen LogP contribution in [0.15, 0.2) is 24.4 Å². The Kier molecular flexibility index (Phi) is 4.96. The molecular weight excluding hydrogens is 346 g/mol. The fourth-order valence-corrected chi connectivity index (χ4v) is 4.96. The maximum absolute atomic E-state index is 13.1. The van der Waals surface area contributed by atoms with Gasteiger partial charge in [-0.2, -0.15) is 0 Å². The number of aryl methyl sites for hydroxylation is 2. The molecule has 1 aromatic heterocycles. The zero-order valence-corrected chi connectivity index (χ0v) is 16.2. The van der Waals surface area contributed by atoms with Crippen molar-refractivity contribution in [3.05, 3.63) is 45.4 Å². The Balaban J connectivity index is 1.39. The summed E-state index contributed by atoms with van der Waals surface area (Å²) < 4.78 is 5.53. The third-order valence-electron chi connectivity index (χ3n) is 5.46. The lowest BCUT2D eigenvalue weighted by Gasteiger charge is -2.36. The van der Waals surface area contributed by atoms with E-state index in [1.807, 2.05) is 30.2 Å². The van der Waals surface area contributed by atoms with E-state index in [9.17, 15) is 4.79 Å². The predicted octanol–water partition coefficient (Wildman–Crippen LogP) is 2.83. The van der Waals surface area contributed by atoms with Gasteiger partial charge in [0.1, 0.15) is 5.75 Å². The van der Waals surface area contributed by atoms with E-state index in [1.54, 1.807) is 18.4 Å². The van der Waals surface area contributed by atoms with E-state index >= 15 is 0 Å². The van der Waals surface area contributed by atoms with Crippen molar-refractivity contribution < 1.29 is 9.53 Å². The minimum atomic E-state index is -0.0446. The van der Waals surface area contributed by atoms with E-state index in [4.69, 9.17) is 4.74 Å². The molecule has 0 radical (unpaired) electrons. The first-order valence-corrected chi connectivity index (χ1v) is 10.1. The van der Waals surface area contributed by atoms with Crippen molar-refractivity contribution in [2.24, 2.45) is 0 Å². The number of ether oxygens (including phenoxy) is 1. The van der Waals surface area contributed by atoms with E-state index in [0.29, 0.717) is 0 Å². The van der Waals surface area contributed by atoms with E-state index in [0.717, 1.165) is 61.9 Å². The van der Waals surface area contributed by atoms with Gasteiger partial charge >= 0.3 is 0 Å². The standard InChI is InChI=1S/C20H25N3O2S/c1-14-21-12-16(26-14)13-22-8-10-23(11-9-22)20(24)17-7-6-15-4-3-5-18(25-2)19(15)17/h3-5,12,17H,6-11,13H2,1-2H3. The summed E-state index contributed by atoms with van der Waals surface area (Å²) in [7, 11) is 1.69. The van der Waals surface area contributed by atoms with Crippen LogP contribution in [0.2, 0.25) is 0 Å². The van der Waals surface area contributed by atoms with Crippen LogP contribution in [-0.4, -0.2) is 54.0 Å². The van der Waals surface area contributed by atoms with E-state index < -0.39 is 0 Å². The largest absolute Gasteiger partial charge is 0.496 e. The molecule has 1 aliphatic carbocycles. The molecule has 4 rings (SSSR count). The van der Waals surface area contributed by atoms with Crippen molar-refractivity contribution >= 4 is 17.2 Å². The van der Waals surface area contributed by atoms with Crippen LogP contribution in [0.3, 0.4) is 0 Å². The molecule has 1 aromatic carbocycles. The third kappa shape index (κ3) is 3.35. The summed E-state index contributed by atoms with van der Waals surface area (Å²) in [6.07, 6.45) is 3.84. The molecule has 0 saturated carbocycles. The van der Waals surface area contributed by atoms with Gasteiger partial charge in [-0.25, -0.2) is 4.98 Å². The lowest BCUT2D eigenvalue weighted by atomic mass is 9.98. The lowest BCUT2D eigenvalue weighted by molar-refractivity contribution is -0.134. The number of piperazine rings is 1. The first kappa shape index (κ1) is 17.5. The summed E-state index contributed by atoms with van der Waals surface area (Å²) >= 11 is 1.76. The van der Waals surface area contributed by atoms with Crippen LogP contribution in [-0.2, 0) is 17.8 Å². The van der Waals surface area contributed by atoms with Crippen molar-refractivity contribution in [1.82, 2.24) is 14.8 Å². The SMILES string of the molecule is COc1cccc2c1C(C(=O)N1CCN(Cc3cnc(C)s3)CC1)CC2. The first-order chi connectivity index (χ1) is 12.7. The Bertz CT molecular complexity index is 796. The predicted molar refractivity (Wildman–Crippen MR) is 103 cm³/mol. The normalized spacial score (nSPS) is 20.2. The number of carbonyl (C=O) groups is 1. The highest BCUT2D eigenvalue weighted by Gasteiger charge is 2.35. The molecule has 1 atom stereocenters. The van der Waals surface area contributed by atoms with Crippen molar-refractivity contribution in [1.29, 1.82) is 0 Å². The van der Waals surface area contributed by atoms with Crippen LogP contribution in [0.4, 0.5) is 0 Å². The second-order valence-electron chi connectivity index (χ2n) is 7.07. The van der Waals surface area contributed by atoms with Gasteiger partial charge in [0.05, 0.1) is 18.0 Å². The fraction of sp³-hybridized carbons (Fsp3) is 0.500. The van der Waals surface area contributed by atoms with E-state index in [1.165, 1.54) is 10.4 Å². The van der Waals surface area contributed by atoms with E-state index in [-0.39, 0.29) is 11.8 Å². The number of rotatable bonds is 4. The van der Waals surface area contributed by atoms with Crippen LogP contribution in [0.5, 0.6) is 5.75 Å². The number of carbonyl (C=O) groups excluding carboxylic acids is 1. The topological polar surface area (TPSA) is 45.7 Å². The van der Waals surface area contributed by atoms with E-state index in [2.05, 4.69) is 16.0 Å². The molecule has 6 heteroatoms. The van der Waals surface area contributed by atoms with Gasteiger partial charge in [-0.1, -0.05) is 12.1 Å². The quantitative estimate of drug-likeness (QED) is 0.829. The smallest absolute Gasteiger partial charge is 0.230 e. The molecule has 138 valence electrons. The fourth-order valence-electron chi connectivity index (χ4n) is 4.12. The lowest BCUT2D eigenvalue weighted by Crippen LogP contribution is -2.49. The summed E-state index contributed by atoms with van der Waals surface area (Å²) in [4.78, 5) is 23.2. The van der Waals surface area contributed by atoms with Crippen molar-refractivity contribution in [3.63, 3.8) is 0 Å². The summed E-state index contributed by atoms with van der Waals surface area (Å²) in [5, 5.41) is 1.11. The summed E-state index contributed by atoms with van der Waals surface area (Å²) in [5.74, 6) is 1.08. The molecule has 26 heavy (non-hydrogen) atoms. The number of hydrogen-bond acceptors (Lipinski definition) is 5. The van der Waals surface area contributed by atoms with Crippen LogP contribution in [0.1, 0.15) is 33.4 Å². The number of thiazole rings is 1. The molecule has 1 aliphatic heterocycles. The highest BCUT2D eigenvalue weighted by molar-refractivity contribution is 7.11. The van der Waals surface area contributed by atoms with Gasteiger partial charge in [0, 0.05) is 49.4 Å². The Labute approximate surface area is 158 Å². The molecule has 5 nitrogen and oxygen atoms in total. The van der Waals surface area contributed by atoms with Gasteiger partial charge in [0.2, 0.25) is 5.91 Å². The second-order valence-corrected chi connectivity index (χ2v) is 8.39. The van der Waals surface area contributed by atoms with Gasteiger partial charge in [-0.05, 0) is 31.4 Å². The minimum Gasteiger partial charge on any atom is -0.496 e. The molecule has 1 unspecified atom stereocenters. The van der Waals surface area contributed by atoms with Crippen LogP contribution >= 0.6 is 11.3 Å². The molecule has 2 heterocycles.